The van der Waals surface area contributed by atoms with Gasteiger partial charge in [0.15, 0.2) is 0 Å². The van der Waals surface area contributed by atoms with Gasteiger partial charge in [-0.25, -0.2) is 0 Å². The molecule has 0 unspecified atom stereocenters. The molecule has 1 atom stereocenters. The molecule has 1 aliphatic rings. The molecule has 2 amide bonds. The molecule has 0 spiro atoms. The lowest BCUT2D eigenvalue weighted by Crippen LogP contribution is -2.35. The van der Waals surface area contributed by atoms with Gasteiger partial charge in [0.1, 0.15) is 0 Å². The summed E-state index contributed by atoms with van der Waals surface area (Å²) in [7, 11) is 0. The summed E-state index contributed by atoms with van der Waals surface area (Å²) in [5.41, 5.74) is 1.37. The van der Waals surface area contributed by atoms with Crippen LogP contribution in [0.15, 0.2) is 24.3 Å². The maximum absolute atomic E-state index is 11.9. The Morgan fingerprint density at radius 2 is 2.00 bits per heavy atom. The largest absolute Gasteiger partial charge is 0.326 e. The van der Waals surface area contributed by atoms with E-state index in [1.54, 1.807) is 24.3 Å². The van der Waals surface area contributed by atoms with Gasteiger partial charge in [-0.05, 0) is 37.6 Å². The minimum Gasteiger partial charge on any atom is -0.326 e. The van der Waals surface area contributed by atoms with E-state index in [-0.39, 0.29) is 17.9 Å². The molecule has 3 N–H and O–H groups in total. The van der Waals surface area contributed by atoms with Crippen molar-refractivity contribution < 1.29 is 9.59 Å². The van der Waals surface area contributed by atoms with Crippen LogP contribution >= 0.6 is 0 Å². The highest BCUT2D eigenvalue weighted by Crippen LogP contribution is 2.16. The first-order valence-electron chi connectivity index (χ1n) is 6.07. The van der Waals surface area contributed by atoms with Crippen molar-refractivity contribution >= 4 is 23.2 Å². The lowest BCUT2D eigenvalue weighted by molar-refractivity contribution is -0.117. The van der Waals surface area contributed by atoms with E-state index in [1.807, 2.05) is 0 Å². The second-order valence-corrected chi connectivity index (χ2v) is 4.40. The fourth-order valence-corrected chi connectivity index (χ4v) is 2.02. The molecular weight excluding hydrogens is 230 g/mol. The first kappa shape index (κ1) is 12.6. The number of anilines is 2. The Kier molecular flexibility index (Phi) is 3.94. The molecule has 0 aromatic heterocycles. The number of rotatable bonds is 3. The van der Waals surface area contributed by atoms with Crippen LogP contribution in [0.4, 0.5) is 11.4 Å². The molecule has 5 heteroatoms. The van der Waals surface area contributed by atoms with Crippen LogP contribution in [0, 0.1) is 0 Å². The van der Waals surface area contributed by atoms with Crippen molar-refractivity contribution in [3.63, 3.8) is 0 Å². The highest BCUT2D eigenvalue weighted by atomic mass is 16.2. The number of amides is 2. The minimum absolute atomic E-state index is 0.0209. The zero-order chi connectivity index (χ0) is 13.0. The van der Waals surface area contributed by atoms with Crippen LogP contribution in [-0.4, -0.2) is 24.4 Å². The normalized spacial score (nSPS) is 18.4. The fraction of sp³-hybridized carbons (Fsp3) is 0.385. The zero-order valence-corrected chi connectivity index (χ0v) is 10.3. The highest BCUT2D eigenvalue weighted by molar-refractivity contribution is 5.96. The molecule has 0 saturated carbocycles. The molecule has 5 nitrogen and oxygen atoms in total. The highest BCUT2D eigenvalue weighted by Gasteiger charge is 2.21. The van der Waals surface area contributed by atoms with E-state index in [9.17, 15) is 9.59 Å². The first-order valence-corrected chi connectivity index (χ1v) is 6.07. The predicted molar refractivity (Wildman–Crippen MR) is 70.4 cm³/mol. The molecule has 1 saturated heterocycles. The van der Waals surface area contributed by atoms with Crippen molar-refractivity contribution in [2.75, 3.05) is 17.2 Å². The lowest BCUT2D eigenvalue weighted by atomic mass is 10.2. The van der Waals surface area contributed by atoms with E-state index in [0.29, 0.717) is 11.4 Å². The summed E-state index contributed by atoms with van der Waals surface area (Å²) >= 11 is 0. The number of benzene rings is 1. The SMILES string of the molecule is CC(=O)Nc1cccc(NC(=O)[C@@H]2CCCN2)c1. The molecule has 96 valence electrons. The van der Waals surface area contributed by atoms with Crippen molar-refractivity contribution in [3.05, 3.63) is 24.3 Å². The quantitative estimate of drug-likeness (QED) is 0.754. The standard InChI is InChI=1S/C13H17N3O2/c1-9(17)15-10-4-2-5-11(8-10)16-13(18)12-6-3-7-14-12/h2,4-5,8,12,14H,3,6-7H2,1H3,(H,15,17)(H,16,18)/t12-/m0/s1. The number of nitrogens with one attached hydrogen (secondary N) is 3. The molecule has 1 heterocycles. The van der Waals surface area contributed by atoms with Gasteiger partial charge in [-0.1, -0.05) is 6.07 Å². The molecule has 18 heavy (non-hydrogen) atoms. The molecule has 1 aromatic carbocycles. The summed E-state index contributed by atoms with van der Waals surface area (Å²) in [6.45, 7) is 2.34. The summed E-state index contributed by atoms with van der Waals surface area (Å²) in [6, 6.07) is 7.02. The van der Waals surface area contributed by atoms with E-state index < -0.39 is 0 Å². The Balaban J connectivity index is 2.00. The Morgan fingerprint density at radius 3 is 2.61 bits per heavy atom. The Labute approximate surface area is 106 Å². The molecule has 0 aliphatic carbocycles. The van der Waals surface area contributed by atoms with Gasteiger partial charge in [-0.3, -0.25) is 9.59 Å². The maximum atomic E-state index is 11.9. The van der Waals surface area contributed by atoms with E-state index in [2.05, 4.69) is 16.0 Å². The molecule has 0 radical (unpaired) electrons. The van der Waals surface area contributed by atoms with E-state index in [4.69, 9.17) is 0 Å². The van der Waals surface area contributed by atoms with Gasteiger partial charge in [0.2, 0.25) is 11.8 Å². The Bertz CT molecular complexity index is 453. The van der Waals surface area contributed by atoms with E-state index >= 15 is 0 Å². The molecule has 0 bridgehead atoms. The van der Waals surface area contributed by atoms with Crippen molar-refractivity contribution in [1.29, 1.82) is 0 Å². The van der Waals surface area contributed by atoms with Gasteiger partial charge in [-0.15, -0.1) is 0 Å². The third kappa shape index (κ3) is 3.30. The van der Waals surface area contributed by atoms with Crippen LogP contribution in [0.1, 0.15) is 19.8 Å². The van der Waals surface area contributed by atoms with Gasteiger partial charge >= 0.3 is 0 Å². The fourth-order valence-electron chi connectivity index (χ4n) is 2.02. The van der Waals surface area contributed by atoms with Crippen LogP contribution in [-0.2, 0) is 9.59 Å². The number of carbonyl (C=O) groups excluding carboxylic acids is 2. The Morgan fingerprint density at radius 1 is 1.28 bits per heavy atom. The molecule has 1 aromatic rings. The van der Waals surface area contributed by atoms with Crippen LogP contribution < -0.4 is 16.0 Å². The third-order valence-corrected chi connectivity index (χ3v) is 2.83. The average Bonchev–Trinajstić information content (AvgIpc) is 2.81. The van der Waals surface area contributed by atoms with Gasteiger partial charge in [0.25, 0.3) is 0 Å². The Hall–Kier alpha value is -1.88. The second-order valence-electron chi connectivity index (χ2n) is 4.40. The van der Waals surface area contributed by atoms with Crippen molar-refractivity contribution in [3.8, 4) is 0 Å². The summed E-state index contributed by atoms with van der Waals surface area (Å²) in [5.74, 6) is -0.150. The minimum atomic E-state index is -0.129. The molecule has 1 aliphatic heterocycles. The van der Waals surface area contributed by atoms with Crippen LogP contribution in [0.25, 0.3) is 0 Å². The maximum Gasteiger partial charge on any atom is 0.241 e. The van der Waals surface area contributed by atoms with E-state index in [1.165, 1.54) is 6.92 Å². The van der Waals surface area contributed by atoms with E-state index in [0.717, 1.165) is 19.4 Å². The monoisotopic (exact) mass is 247 g/mol. The summed E-state index contributed by atoms with van der Waals surface area (Å²) < 4.78 is 0. The number of hydrogen-bond donors (Lipinski definition) is 3. The summed E-state index contributed by atoms with van der Waals surface area (Å²) in [5, 5.41) is 8.67. The predicted octanol–water partition coefficient (Wildman–Crippen LogP) is 1.34. The van der Waals surface area contributed by atoms with Gasteiger partial charge in [0, 0.05) is 18.3 Å². The van der Waals surface area contributed by atoms with Crippen molar-refractivity contribution in [1.82, 2.24) is 5.32 Å². The second kappa shape index (κ2) is 5.64. The van der Waals surface area contributed by atoms with Crippen LogP contribution in [0.3, 0.4) is 0 Å². The topological polar surface area (TPSA) is 70.2 Å². The van der Waals surface area contributed by atoms with Gasteiger partial charge in [0.05, 0.1) is 6.04 Å². The molecule has 1 fully saturated rings. The van der Waals surface area contributed by atoms with Crippen molar-refractivity contribution in [2.24, 2.45) is 0 Å². The van der Waals surface area contributed by atoms with Gasteiger partial charge in [-0.2, -0.15) is 0 Å². The summed E-state index contributed by atoms with van der Waals surface area (Å²) in [6.07, 6.45) is 1.90. The van der Waals surface area contributed by atoms with Crippen LogP contribution in [0.5, 0.6) is 0 Å². The molecule has 2 rings (SSSR count). The first-order chi connectivity index (χ1) is 8.65. The lowest BCUT2D eigenvalue weighted by Gasteiger charge is -2.12. The zero-order valence-electron chi connectivity index (χ0n) is 10.3. The van der Waals surface area contributed by atoms with Crippen LogP contribution in [0.2, 0.25) is 0 Å². The number of hydrogen-bond acceptors (Lipinski definition) is 3. The third-order valence-electron chi connectivity index (χ3n) is 2.83. The van der Waals surface area contributed by atoms with Gasteiger partial charge < -0.3 is 16.0 Å². The molecular formula is C13H17N3O2. The summed E-state index contributed by atoms with van der Waals surface area (Å²) in [4.78, 5) is 22.8. The number of carbonyl (C=O) groups is 2. The average molecular weight is 247 g/mol. The smallest absolute Gasteiger partial charge is 0.241 e. The van der Waals surface area contributed by atoms with Crippen molar-refractivity contribution in [2.45, 2.75) is 25.8 Å².